The summed E-state index contributed by atoms with van der Waals surface area (Å²) in [5, 5.41) is 0. The monoisotopic (exact) mass is 385 g/mol. The first kappa shape index (κ1) is 19.4. The summed E-state index contributed by atoms with van der Waals surface area (Å²) in [5.74, 6) is -0.0577. The largest absolute Gasteiger partial charge is 0.356 e. The normalized spacial score (nSPS) is 28.2. The van der Waals surface area contributed by atoms with E-state index in [-0.39, 0.29) is 24.5 Å². The van der Waals surface area contributed by atoms with Crippen molar-refractivity contribution in [3.63, 3.8) is 0 Å². The molecule has 3 aliphatic heterocycles. The quantitative estimate of drug-likeness (QED) is 0.780. The number of ether oxygens (including phenoxy) is 1. The Morgan fingerprint density at radius 2 is 1.79 bits per heavy atom. The number of carbonyl (C=O) groups is 2. The summed E-state index contributed by atoms with van der Waals surface area (Å²) < 4.78 is 5.84. The fourth-order valence-electron chi connectivity index (χ4n) is 5.16. The summed E-state index contributed by atoms with van der Waals surface area (Å²) in [7, 11) is 3.96. The van der Waals surface area contributed by atoms with Gasteiger partial charge in [-0.1, -0.05) is 24.3 Å². The molecule has 0 aliphatic carbocycles. The standard InChI is InChI=1S/C22H31N3O3/c1-16-6-4-5-7-17(16)19-20(28-14-18(26)24(19)3)21(27)25-12-9-22(10-13-25)8-11-23(2)15-22/h4-7,19-20H,8-15H2,1-3H3/t19-,20+/m1/s1. The van der Waals surface area contributed by atoms with Crippen molar-refractivity contribution in [2.75, 3.05) is 46.9 Å². The summed E-state index contributed by atoms with van der Waals surface area (Å²) in [6.07, 6.45) is 2.71. The highest BCUT2D eigenvalue weighted by atomic mass is 16.5. The fourth-order valence-corrected chi connectivity index (χ4v) is 5.16. The number of likely N-dealkylation sites (tertiary alicyclic amines) is 2. The van der Waals surface area contributed by atoms with Crippen LogP contribution in [-0.4, -0.2) is 79.5 Å². The van der Waals surface area contributed by atoms with Crippen molar-refractivity contribution < 1.29 is 14.3 Å². The van der Waals surface area contributed by atoms with Gasteiger partial charge in [-0.2, -0.15) is 0 Å². The highest BCUT2D eigenvalue weighted by Gasteiger charge is 2.45. The molecule has 2 amide bonds. The maximum atomic E-state index is 13.4. The van der Waals surface area contributed by atoms with Crippen molar-refractivity contribution in [2.45, 2.75) is 38.3 Å². The zero-order valence-electron chi connectivity index (χ0n) is 17.2. The van der Waals surface area contributed by atoms with Crippen molar-refractivity contribution in [1.82, 2.24) is 14.7 Å². The molecular formula is C22H31N3O3. The molecule has 0 aromatic heterocycles. The van der Waals surface area contributed by atoms with E-state index >= 15 is 0 Å². The summed E-state index contributed by atoms with van der Waals surface area (Å²) in [6.45, 7) is 5.85. The number of hydrogen-bond donors (Lipinski definition) is 0. The summed E-state index contributed by atoms with van der Waals surface area (Å²) in [6, 6.07) is 7.58. The first-order chi connectivity index (χ1) is 13.4. The Balaban J connectivity index is 1.52. The van der Waals surface area contributed by atoms with Crippen molar-refractivity contribution in [2.24, 2.45) is 5.41 Å². The average Bonchev–Trinajstić information content (AvgIpc) is 3.05. The number of aryl methyl sites for hydroxylation is 1. The molecule has 2 atom stereocenters. The number of benzene rings is 1. The first-order valence-electron chi connectivity index (χ1n) is 10.3. The molecule has 1 spiro atoms. The number of morpholine rings is 1. The number of piperidine rings is 1. The maximum Gasteiger partial charge on any atom is 0.254 e. The third-order valence-corrected chi connectivity index (χ3v) is 7.00. The van der Waals surface area contributed by atoms with Gasteiger partial charge in [0.25, 0.3) is 5.91 Å². The van der Waals surface area contributed by atoms with E-state index in [1.807, 2.05) is 36.1 Å². The van der Waals surface area contributed by atoms with Gasteiger partial charge in [0.05, 0.1) is 6.04 Å². The van der Waals surface area contributed by atoms with Crippen LogP contribution in [0.3, 0.4) is 0 Å². The predicted molar refractivity (Wildman–Crippen MR) is 107 cm³/mol. The van der Waals surface area contributed by atoms with Crippen molar-refractivity contribution in [1.29, 1.82) is 0 Å². The van der Waals surface area contributed by atoms with E-state index in [2.05, 4.69) is 11.9 Å². The van der Waals surface area contributed by atoms with E-state index in [9.17, 15) is 9.59 Å². The van der Waals surface area contributed by atoms with E-state index in [1.165, 1.54) is 6.42 Å². The molecular weight excluding hydrogens is 354 g/mol. The Morgan fingerprint density at radius 3 is 2.43 bits per heavy atom. The van der Waals surface area contributed by atoms with Crippen LogP contribution in [0.25, 0.3) is 0 Å². The lowest BCUT2D eigenvalue weighted by Crippen LogP contribution is -2.55. The van der Waals surface area contributed by atoms with Gasteiger partial charge in [0, 0.05) is 26.7 Å². The fraction of sp³-hybridized carbons (Fsp3) is 0.636. The summed E-state index contributed by atoms with van der Waals surface area (Å²) >= 11 is 0. The molecule has 3 fully saturated rings. The molecule has 0 radical (unpaired) electrons. The highest BCUT2D eigenvalue weighted by Crippen LogP contribution is 2.40. The second-order valence-electron chi connectivity index (χ2n) is 8.85. The Bertz CT molecular complexity index is 757. The molecule has 3 aliphatic rings. The second-order valence-corrected chi connectivity index (χ2v) is 8.85. The molecule has 6 heteroatoms. The zero-order valence-corrected chi connectivity index (χ0v) is 17.2. The van der Waals surface area contributed by atoms with Crippen LogP contribution in [-0.2, 0) is 14.3 Å². The van der Waals surface area contributed by atoms with Gasteiger partial charge >= 0.3 is 0 Å². The number of likely N-dealkylation sites (N-methyl/N-ethyl adjacent to an activating group) is 1. The Kier molecular flexibility index (Phi) is 5.19. The van der Waals surface area contributed by atoms with Crippen molar-refractivity contribution >= 4 is 11.8 Å². The molecule has 0 bridgehead atoms. The van der Waals surface area contributed by atoms with Crippen LogP contribution < -0.4 is 0 Å². The van der Waals surface area contributed by atoms with Crippen LogP contribution in [0.2, 0.25) is 0 Å². The number of rotatable bonds is 2. The van der Waals surface area contributed by atoms with Crippen LogP contribution in [0.5, 0.6) is 0 Å². The zero-order chi connectivity index (χ0) is 19.9. The predicted octanol–water partition coefficient (Wildman–Crippen LogP) is 1.84. The lowest BCUT2D eigenvalue weighted by molar-refractivity contribution is -0.168. The number of amides is 2. The van der Waals surface area contributed by atoms with Gasteiger partial charge in [-0.25, -0.2) is 0 Å². The van der Waals surface area contributed by atoms with Gasteiger partial charge in [-0.05, 0) is 56.3 Å². The van der Waals surface area contributed by atoms with E-state index in [1.54, 1.807) is 11.9 Å². The average molecular weight is 386 g/mol. The number of hydrogen-bond acceptors (Lipinski definition) is 4. The van der Waals surface area contributed by atoms with E-state index < -0.39 is 6.10 Å². The molecule has 0 saturated carbocycles. The van der Waals surface area contributed by atoms with Gasteiger partial charge in [-0.15, -0.1) is 0 Å². The van der Waals surface area contributed by atoms with Crippen LogP contribution in [0.15, 0.2) is 24.3 Å². The van der Waals surface area contributed by atoms with Gasteiger partial charge in [0.2, 0.25) is 5.91 Å². The van der Waals surface area contributed by atoms with Gasteiger partial charge in [-0.3, -0.25) is 9.59 Å². The molecule has 6 nitrogen and oxygen atoms in total. The Morgan fingerprint density at radius 1 is 1.11 bits per heavy atom. The van der Waals surface area contributed by atoms with Crippen LogP contribution >= 0.6 is 0 Å². The maximum absolute atomic E-state index is 13.4. The van der Waals surface area contributed by atoms with Crippen LogP contribution in [0.1, 0.15) is 36.4 Å². The highest BCUT2D eigenvalue weighted by molar-refractivity contribution is 5.86. The van der Waals surface area contributed by atoms with Gasteiger partial charge < -0.3 is 19.4 Å². The third-order valence-electron chi connectivity index (χ3n) is 7.00. The minimum Gasteiger partial charge on any atom is -0.356 e. The summed E-state index contributed by atoms with van der Waals surface area (Å²) in [4.78, 5) is 31.8. The Hall–Kier alpha value is -1.92. The first-order valence-corrected chi connectivity index (χ1v) is 10.3. The van der Waals surface area contributed by atoms with Gasteiger partial charge in [0.15, 0.2) is 6.10 Å². The molecule has 1 aromatic rings. The summed E-state index contributed by atoms with van der Waals surface area (Å²) in [5.41, 5.74) is 2.44. The topological polar surface area (TPSA) is 53.1 Å². The molecule has 1 aromatic carbocycles. The number of carbonyl (C=O) groups excluding carboxylic acids is 2. The molecule has 4 rings (SSSR count). The van der Waals surface area contributed by atoms with E-state index in [4.69, 9.17) is 4.74 Å². The van der Waals surface area contributed by atoms with Crippen LogP contribution in [0.4, 0.5) is 0 Å². The molecule has 28 heavy (non-hydrogen) atoms. The minimum atomic E-state index is -0.635. The SMILES string of the molecule is Cc1ccccc1[C@@H]1[C@@H](C(=O)N2CCC3(CCN(C)C3)CC2)OCC(=O)N1C. The van der Waals surface area contributed by atoms with Crippen molar-refractivity contribution in [3.8, 4) is 0 Å². The van der Waals surface area contributed by atoms with Crippen LogP contribution in [0, 0.1) is 12.3 Å². The van der Waals surface area contributed by atoms with E-state index in [0.717, 1.165) is 50.1 Å². The van der Waals surface area contributed by atoms with E-state index in [0.29, 0.717) is 5.41 Å². The molecule has 152 valence electrons. The molecule has 0 unspecified atom stereocenters. The molecule has 3 saturated heterocycles. The smallest absolute Gasteiger partial charge is 0.254 e. The second kappa shape index (κ2) is 7.48. The van der Waals surface area contributed by atoms with Gasteiger partial charge in [0.1, 0.15) is 6.61 Å². The molecule has 3 heterocycles. The molecule has 0 N–H and O–H groups in total. The minimum absolute atomic E-state index is 0.0220. The Labute approximate surface area is 167 Å². The lowest BCUT2D eigenvalue weighted by atomic mass is 9.77. The van der Waals surface area contributed by atoms with Crippen molar-refractivity contribution in [3.05, 3.63) is 35.4 Å². The lowest BCUT2D eigenvalue weighted by Gasteiger charge is -2.44. The third kappa shape index (κ3) is 3.44. The number of nitrogens with zero attached hydrogens (tertiary/aromatic N) is 3.